The van der Waals surface area contributed by atoms with Crippen molar-refractivity contribution in [3.8, 4) is 0 Å². The Balaban J connectivity index is 1.67. The fraction of sp³-hybridized carbons (Fsp3) is 1.00. The maximum atomic E-state index is 11.8. The van der Waals surface area contributed by atoms with Gasteiger partial charge >= 0.3 is 0 Å². The molecule has 0 aromatic carbocycles. The minimum atomic E-state index is -0.680. The van der Waals surface area contributed by atoms with Gasteiger partial charge in [-0.1, -0.05) is 13.3 Å². The first-order valence-electron chi connectivity index (χ1n) is 9.46. The minimum Gasteiger partial charge on any atom is -0.393 e. The van der Waals surface area contributed by atoms with E-state index in [1.54, 1.807) is 0 Å². The van der Waals surface area contributed by atoms with Crippen LogP contribution in [0, 0.1) is 23.2 Å². The first-order valence-corrected chi connectivity index (χ1v) is 9.83. The molecule has 4 rings (SSSR count). The number of fused-ring (bicyclic) bond motifs is 4. The molecule has 0 aromatic rings. The van der Waals surface area contributed by atoms with E-state index in [-0.39, 0.29) is 6.10 Å². The lowest BCUT2D eigenvalue weighted by Gasteiger charge is -2.56. The lowest BCUT2D eigenvalue weighted by atomic mass is 9.56. The van der Waals surface area contributed by atoms with E-state index in [9.17, 15) is 10.2 Å². The lowest BCUT2D eigenvalue weighted by Crippen LogP contribution is -2.61. The minimum absolute atomic E-state index is 0.145. The highest BCUT2D eigenvalue weighted by Gasteiger charge is 2.64. The number of halogens is 1. The molecule has 4 aliphatic carbocycles. The molecule has 0 saturated heterocycles. The average Bonchev–Trinajstić information content (AvgIpc) is 2.82. The largest absolute Gasteiger partial charge is 0.393 e. The Hall–Kier alpha value is 0.210. The van der Waals surface area contributed by atoms with Crippen molar-refractivity contribution >= 4 is 11.6 Å². The van der Waals surface area contributed by atoms with Crippen molar-refractivity contribution in [2.75, 3.05) is 0 Å². The van der Waals surface area contributed by atoms with Gasteiger partial charge in [0.25, 0.3) is 0 Å². The average molecular weight is 327 g/mol. The normalized spacial score (nSPS) is 58.4. The summed E-state index contributed by atoms with van der Waals surface area (Å²) >= 11 is 7.19. The van der Waals surface area contributed by atoms with Crippen LogP contribution in [-0.2, 0) is 0 Å². The summed E-state index contributed by atoms with van der Waals surface area (Å²) in [6, 6.07) is 0. The highest BCUT2D eigenvalue weighted by molar-refractivity contribution is 6.25. The van der Waals surface area contributed by atoms with Crippen LogP contribution in [-0.4, -0.2) is 26.8 Å². The molecule has 2 nitrogen and oxygen atoms in total. The summed E-state index contributed by atoms with van der Waals surface area (Å²) in [7, 11) is 0. The molecule has 4 fully saturated rings. The Kier molecular flexibility index (Phi) is 3.65. The number of alkyl halides is 1. The van der Waals surface area contributed by atoms with E-state index in [0.29, 0.717) is 23.2 Å². The third-order valence-electron chi connectivity index (χ3n) is 8.12. The second-order valence-corrected chi connectivity index (χ2v) is 9.94. The van der Waals surface area contributed by atoms with Crippen LogP contribution in [0.2, 0.25) is 0 Å². The molecule has 0 heterocycles. The van der Waals surface area contributed by atoms with Gasteiger partial charge in [-0.3, -0.25) is 0 Å². The zero-order valence-corrected chi connectivity index (χ0v) is 14.6. The van der Waals surface area contributed by atoms with Gasteiger partial charge in [0.05, 0.1) is 16.6 Å². The molecule has 0 aliphatic heterocycles. The third kappa shape index (κ3) is 2.13. The van der Waals surface area contributed by atoms with Gasteiger partial charge in [0.2, 0.25) is 0 Å². The van der Waals surface area contributed by atoms with Crippen LogP contribution < -0.4 is 0 Å². The Bertz CT molecular complexity index is 455. The van der Waals surface area contributed by atoms with Crippen molar-refractivity contribution < 1.29 is 10.2 Å². The van der Waals surface area contributed by atoms with Crippen LogP contribution in [0.4, 0.5) is 0 Å². The smallest absolute Gasteiger partial charge is 0.0871 e. The Labute approximate surface area is 139 Å². The summed E-state index contributed by atoms with van der Waals surface area (Å²) in [5.74, 6) is 1.57. The number of rotatable bonds is 0. The van der Waals surface area contributed by atoms with Crippen molar-refractivity contribution in [1.82, 2.24) is 0 Å². The summed E-state index contributed by atoms with van der Waals surface area (Å²) in [5.41, 5.74) is -0.373. The van der Waals surface area contributed by atoms with Crippen LogP contribution in [0.5, 0.6) is 0 Å². The van der Waals surface area contributed by atoms with Crippen molar-refractivity contribution in [1.29, 1.82) is 0 Å². The van der Waals surface area contributed by atoms with Gasteiger partial charge < -0.3 is 10.2 Å². The summed E-state index contributed by atoms with van der Waals surface area (Å²) in [5, 5.41) is 21.9. The highest BCUT2D eigenvalue weighted by Crippen LogP contribution is 2.65. The van der Waals surface area contributed by atoms with E-state index < -0.39 is 10.5 Å². The van der Waals surface area contributed by atoms with Crippen LogP contribution >= 0.6 is 11.6 Å². The zero-order chi connectivity index (χ0) is 15.6. The van der Waals surface area contributed by atoms with Gasteiger partial charge in [-0.25, -0.2) is 0 Å². The van der Waals surface area contributed by atoms with Gasteiger partial charge in [-0.2, -0.15) is 0 Å². The van der Waals surface area contributed by atoms with Crippen LogP contribution in [0.25, 0.3) is 0 Å². The van der Waals surface area contributed by atoms with E-state index in [2.05, 4.69) is 6.92 Å². The molecule has 0 spiro atoms. The van der Waals surface area contributed by atoms with Crippen LogP contribution in [0.15, 0.2) is 0 Å². The van der Waals surface area contributed by atoms with Gasteiger partial charge in [0.15, 0.2) is 0 Å². The Morgan fingerprint density at radius 1 is 0.955 bits per heavy atom. The molecule has 3 heteroatoms. The maximum Gasteiger partial charge on any atom is 0.0871 e. The van der Waals surface area contributed by atoms with E-state index >= 15 is 0 Å². The number of aliphatic hydroxyl groups excluding tert-OH is 1. The summed E-state index contributed by atoms with van der Waals surface area (Å²) in [6.07, 6.45) is 11.5. The second kappa shape index (κ2) is 5.10. The topological polar surface area (TPSA) is 40.5 Å². The van der Waals surface area contributed by atoms with E-state index in [1.807, 2.05) is 0 Å². The summed E-state index contributed by atoms with van der Waals surface area (Å²) in [6.45, 7) is 2.39. The molecule has 7 atom stereocenters. The molecule has 126 valence electrons. The van der Waals surface area contributed by atoms with Crippen molar-refractivity contribution in [3.63, 3.8) is 0 Å². The van der Waals surface area contributed by atoms with Crippen LogP contribution in [0.3, 0.4) is 0 Å². The molecule has 6 unspecified atom stereocenters. The lowest BCUT2D eigenvalue weighted by molar-refractivity contribution is -0.128. The first-order chi connectivity index (χ1) is 10.4. The Morgan fingerprint density at radius 3 is 2.59 bits per heavy atom. The van der Waals surface area contributed by atoms with Gasteiger partial charge in [0.1, 0.15) is 0 Å². The van der Waals surface area contributed by atoms with Crippen LogP contribution in [0.1, 0.15) is 77.6 Å². The predicted octanol–water partition coefficient (Wildman–Crippen LogP) is 4.26. The quantitative estimate of drug-likeness (QED) is 0.653. The van der Waals surface area contributed by atoms with Crippen molar-refractivity contribution in [2.45, 2.75) is 94.1 Å². The summed E-state index contributed by atoms with van der Waals surface area (Å²) < 4.78 is 0. The van der Waals surface area contributed by atoms with E-state index in [4.69, 9.17) is 11.6 Å². The van der Waals surface area contributed by atoms with Crippen molar-refractivity contribution in [3.05, 3.63) is 0 Å². The van der Waals surface area contributed by atoms with E-state index in [0.717, 1.165) is 51.4 Å². The van der Waals surface area contributed by atoms with Gasteiger partial charge in [-0.15, -0.1) is 11.6 Å². The molecule has 0 amide bonds. The second-order valence-electron chi connectivity index (χ2n) is 9.22. The molecule has 0 radical (unpaired) electrons. The number of hydrogen-bond donors (Lipinski definition) is 2. The fourth-order valence-corrected chi connectivity index (χ4v) is 7.31. The maximum absolute atomic E-state index is 11.8. The van der Waals surface area contributed by atoms with Crippen molar-refractivity contribution in [2.24, 2.45) is 23.2 Å². The monoisotopic (exact) mass is 326 g/mol. The van der Waals surface area contributed by atoms with Gasteiger partial charge in [-0.05, 0) is 87.4 Å². The Morgan fingerprint density at radius 2 is 1.77 bits per heavy atom. The van der Waals surface area contributed by atoms with E-state index in [1.165, 1.54) is 19.3 Å². The molecule has 4 aliphatic rings. The highest BCUT2D eigenvalue weighted by atomic mass is 35.5. The molecule has 2 N–H and O–H groups in total. The van der Waals surface area contributed by atoms with Gasteiger partial charge in [0, 0.05) is 0 Å². The first kappa shape index (κ1) is 15.7. The fourth-order valence-electron chi connectivity index (χ4n) is 6.79. The molecule has 0 aromatic heterocycles. The SMILES string of the molecule is CC12CCCC1[C@@]1(O)CCC3CCC(O)CC3CC1(Cl)CC2. The number of hydrogen-bond acceptors (Lipinski definition) is 2. The number of aliphatic hydroxyl groups is 2. The summed E-state index contributed by atoms with van der Waals surface area (Å²) in [4.78, 5) is -0.446. The molecule has 4 saturated carbocycles. The molecule has 0 bridgehead atoms. The molecular weight excluding hydrogens is 296 g/mol. The third-order valence-corrected chi connectivity index (χ3v) is 8.79. The predicted molar refractivity (Wildman–Crippen MR) is 88.9 cm³/mol. The zero-order valence-electron chi connectivity index (χ0n) is 13.9. The standard InChI is InChI=1S/C19H31ClO2/c1-17-7-2-3-16(17)19(22)8-6-13-4-5-15(21)11-14(13)12-18(19,20)10-9-17/h13-16,21-22H,2-12H2,1H3/t13?,14?,15?,16?,17?,18?,19-/m0/s1. The molecular formula is C19H31ClO2. The molecule has 22 heavy (non-hydrogen) atoms.